The maximum absolute atomic E-state index is 9.22. The van der Waals surface area contributed by atoms with Gasteiger partial charge in [-0.1, -0.05) is 24.3 Å². The smallest absolute Gasteiger partial charge is 0.0521 e. The highest BCUT2D eigenvalue weighted by Crippen LogP contribution is 2.35. The van der Waals surface area contributed by atoms with Crippen LogP contribution in [0.25, 0.3) is 0 Å². The molecule has 0 spiro atoms. The minimum Gasteiger partial charge on any atom is -0.396 e. The Kier molecular flexibility index (Phi) is 5.47. The van der Waals surface area contributed by atoms with Crippen molar-refractivity contribution in [1.82, 2.24) is 14.7 Å². The normalized spacial score (nSPS) is 16.9. The highest BCUT2D eigenvalue weighted by atomic mass is 16.3. The molecule has 0 aliphatic heterocycles. The average molecular weight is 313 g/mol. The zero-order valence-electron chi connectivity index (χ0n) is 14.0. The maximum atomic E-state index is 9.22. The van der Waals surface area contributed by atoms with E-state index in [1.807, 2.05) is 17.9 Å². The molecular formula is C19H27N3O. The molecule has 4 heteroatoms. The van der Waals surface area contributed by atoms with Crippen LogP contribution in [0.5, 0.6) is 0 Å². The van der Waals surface area contributed by atoms with Gasteiger partial charge in [0, 0.05) is 32.4 Å². The third kappa shape index (κ3) is 4.01. The van der Waals surface area contributed by atoms with Gasteiger partial charge in [0.05, 0.1) is 6.20 Å². The molecule has 0 fully saturated rings. The molecule has 1 heterocycles. The lowest BCUT2D eigenvalue weighted by atomic mass is 10.1. The van der Waals surface area contributed by atoms with E-state index in [4.69, 9.17) is 0 Å². The maximum Gasteiger partial charge on any atom is 0.0521 e. The molecule has 3 rings (SSSR count). The summed E-state index contributed by atoms with van der Waals surface area (Å²) >= 11 is 0. The molecule has 0 radical (unpaired) electrons. The molecule has 1 N–H and O–H groups in total. The summed E-state index contributed by atoms with van der Waals surface area (Å²) < 4.78 is 1.87. The van der Waals surface area contributed by atoms with E-state index in [0.29, 0.717) is 6.04 Å². The summed E-state index contributed by atoms with van der Waals surface area (Å²) in [4.78, 5) is 2.57. The number of fused-ring (bicyclic) bond motifs is 1. The van der Waals surface area contributed by atoms with E-state index < -0.39 is 0 Å². The van der Waals surface area contributed by atoms with E-state index in [1.165, 1.54) is 29.5 Å². The van der Waals surface area contributed by atoms with Crippen molar-refractivity contribution in [3.05, 3.63) is 53.3 Å². The molecule has 0 saturated carbocycles. The highest BCUT2D eigenvalue weighted by molar-refractivity contribution is 5.34. The van der Waals surface area contributed by atoms with Gasteiger partial charge in [0.25, 0.3) is 0 Å². The van der Waals surface area contributed by atoms with Crippen LogP contribution in [0.2, 0.25) is 0 Å². The van der Waals surface area contributed by atoms with Gasteiger partial charge in [-0.3, -0.25) is 9.58 Å². The van der Waals surface area contributed by atoms with Crippen molar-refractivity contribution in [3.63, 3.8) is 0 Å². The molecule has 0 amide bonds. The van der Waals surface area contributed by atoms with Gasteiger partial charge in [-0.2, -0.15) is 5.10 Å². The largest absolute Gasteiger partial charge is 0.396 e. The molecule has 124 valence electrons. The van der Waals surface area contributed by atoms with Crippen LogP contribution in [0.15, 0.2) is 36.7 Å². The van der Waals surface area contributed by atoms with E-state index in [1.54, 1.807) is 0 Å². The van der Waals surface area contributed by atoms with Gasteiger partial charge in [0.15, 0.2) is 0 Å². The number of nitrogens with zero attached hydrogens (tertiary/aromatic N) is 3. The van der Waals surface area contributed by atoms with Crippen LogP contribution in [0.3, 0.4) is 0 Å². The molecule has 4 nitrogen and oxygen atoms in total. The fourth-order valence-corrected chi connectivity index (χ4v) is 3.70. The van der Waals surface area contributed by atoms with E-state index in [9.17, 15) is 5.11 Å². The van der Waals surface area contributed by atoms with Crippen LogP contribution in [-0.2, 0) is 19.9 Å². The van der Waals surface area contributed by atoms with Gasteiger partial charge in [0.2, 0.25) is 0 Å². The molecular weight excluding hydrogens is 286 g/mol. The predicted molar refractivity (Wildman–Crippen MR) is 92.3 cm³/mol. The molecule has 1 aliphatic rings. The molecule has 0 unspecified atom stereocenters. The number of aryl methyl sites for hydroxylation is 3. The number of rotatable bonds is 8. The van der Waals surface area contributed by atoms with Crippen LogP contribution in [0.1, 0.15) is 42.0 Å². The summed E-state index contributed by atoms with van der Waals surface area (Å²) in [5, 5.41) is 13.5. The van der Waals surface area contributed by atoms with Crippen LogP contribution in [0, 0.1) is 0 Å². The van der Waals surface area contributed by atoms with E-state index in [0.717, 1.165) is 32.4 Å². The summed E-state index contributed by atoms with van der Waals surface area (Å²) in [7, 11) is 1.96. The second kappa shape index (κ2) is 7.75. The minimum absolute atomic E-state index is 0.271. The van der Waals surface area contributed by atoms with Crippen LogP contribution in [-0.4, -0.2) is 39.5 Å². The third-order valence-corrected chi connectivity index (χ3v) is 4.81. The Labute approximate surface area is 138 Å². The number of hydrogen-bond donors (Lipinski definition) is 1. The first-order valence-electron chi connectivity index (χ1n) is 8.68. The average Bonchev–Trinajstić information content (AvgIpc) is 3.17. The summed E-state index contributed by atoms with van der Waals surface area (Å²) in [6.45, 7) is 2.32. The van der Waals surface area contributed by atoms with Gasteiger partial charge in [-0.15, -0.1) is 0 Å². The number of aliphatic hydroxyl groups excluding tert-OH is 1. The number of aliphatic hydroxyl groups is 1. The van der Waals surface area contributed by atoms with Crippen molar-refractivity contribution in [2.45, 2.75) is 38.1 Å². The first-order chi connectivity index (χ1) is 11.3. The minimum atomic E-state index is 0.271. The zero-order chi connectivity index (χ0) is 16.1. The monoisotopic (exact) mass is 313 g/mol. The summed E-state index contributed by atoms with van der Waals surface area (Å²) in [6.07, 6.45) is 9.50. The molecule has 0 bridgehead atoms. The Hall–Kier alpha value is -1.65. The van der Waals surface area contributed by atoms with Crippen molar-refractivity contribution < 1.29 is 5.11 Å². The predicted octanol–water partition coefficient (Wildman–Crippen LogP) is 2.72. The van der Waals surface area contributed by atoms with Crippen LogP contribution >= 0.6 is 0 Å². The molecule has 1 aromatic carbocycles. The van der Waals surface area contributed by atoms with Gasteiger partial charge in [-0.05, 0) is 55.3 Å². The second-order valence-electron chi connectivity index (χ2n) is 6.49. The third-order valence-electron chi connectivity index (χ3n) is 4.81. The molecule has 1 aliphatic carbocycles. The second-order valence-corrected chi connectivity index (χ2v) is 6.49. The van der Waals surface area contributed by atoms with Gasteiger partial charge >= 0.3 is 0 Å². The highest BCUT2D eigenvalue weighted by Gasteiger charge is 2.26. The summed E-state index contributed by atoms with van der Waals surface area (Å²) in [5.74, 6) is 0. The topological polar surface area (TPSA) is 41.3 Å². The standard InChI is InChI=1S/C19H27N3O/c1-21-15-16(14-20-21)6-4-11-22(12-5-13-23)19-10-9-17-7-2-3-8-18(17)19/h2-3,7-8,14-15,19,23H,4-6,9-13H2,1H3/t19-/m0/s1. The number of hydrogen-bond acceptors (Lipinski definition) is 3. The Morgan fingerprint density at radius 3 is 2.87 bits per heavy atom. The first kappa shape index (κ1) is 16.2. The van der Waals surface area contributed by atoms with Gasteiger partial charge < -0.3 is 5.11 Å². The van der Waals surface area contributed by atoms with Crippen molar-refractivity contribution in [1.29, 1.82) is 0 Å². The quantitative estimate of drug-likeness (QED) is 0.815. The SMILES string of the molecule is Cn1cc(CCCN(CCCO)[C@H]2CCc3ccccc32)cn1. The lowest BCUT2D eigenvalue weighted by Gasteiger charge is -2.29. The fourth-order valence-electron chi connectivity index (χ4n) is 3.70. The Morgan fingerprint density at radius 1 is 1.26 bits per heavy atom. The molecule has 1 atom stereocenters. The molecule has 1 aromatic heterocycles. The zero-order valence-corrected chi connectivity index (χ0v) is 14.0. The van der Waals surface area contributed by atoms with Crippen LogP contribution < -0.4 is 0 Å². The Bertz CT molecular complexity index is 623. The van der Waals surface area contributed by atoms with Gasteiger partial charge in [0.1, 0.15) is 0 Å². The Morgan fingerprint density at radius 2 is 2.09 bits per heavy atom. The number of aromatic nitrogens is 2. The van der Waals surface area contributed by atoms with Crippen molar-refractivity contribution in [2.75, 3.05) is 19.7 Å². The van der Waals surface area contributed by atoms with Crippen molar-refractivity contribution in [2.24, 2.45) is 7.05 Å². The Balaban J connectivity index is 1.61. The van der Waals surface area contributed by atoms with E-state index in [2.05, 4.69) is 40.5 Å². The van der Waals surface area contributed by atoms with Crippen molar-refractivity contribution in [3.8, 4) is 0 Å². The first-order valence-corrected chi connectivity index (χ1v) is 8.68. The number of benzene rings is 1. The van der Waals surface area contributed by atoms with E-state index >= 15 is 0 Å². The van der Waals surface area contributed by atoms with E-state index in [-0.39, 0.29) is 6.61 Å². The molecule has 2 aromatic rings. The summed E-state index contributed by atoms with van der Waals surface area (Å²) in [6, 6.07) is 9.35. The lowest BCUT2D eigenvalue weighted by Crippen LogP contribution is -2.30. The van der Waals surface area contributed by atoms with Gasteiger partial charge in [-0.25, -0.2) is 0 Å². The molecule has 23 heavy (non-hydrogen) atoms. The summed E-state index contributed by atoms with van der Waals surface area (Å²) in [5.41, 5.74) is 4.30. The van der Waals surface area contributed by atoms with Crippen molar-refractivity contribution >= 4 is 0 Å². The lowest BCUT2D eigenvalue weighted by molar-refractivity contribution is 0.171. The molecule has 0 saturated heterocycles. The van der Waals surface area contributed by atoms with Crippen LogP contribution in [0.4, 0.5) is 0 Å². The fraction of sp³-hybridized carbons (Fsp3) is 0.526.